The summed E-state index contributed by atoms with van der Waals surface area (Å²) in [6, 6.07) is 4.50. The molecule has 1 aliphatic rings. The van der Waals surface area contributed by atoms with Gasteiger partial charge in [0.2, 0.25) is 0 Å². The number of anilines is 1. The Labute approximate surface area is 150 Å². The molecular formula is C15H18ClN3O3S2. The van der Waals surface area contributed by atoms with Crippen LogP contribution in [0.25, 0.3) is 0 Å². The number of nitrogens with one attached hydrogen (secondary N) is 1. The van der Waals surface area contributed by atoms with E-state index >= 15 is 0 Å². The van der Waals surface area contributed by atoms with Gasteiger partial charge in [0.25, 0.3) is 10.0 Å². The first kappa shape index (κ1) is 17.5. The number of piperidine rings is 1. The zero-order valence-corrected chi connectivity index (χ0v) is 15.5. The summed E-state index contributed by atoms with van der Waals surface area (Å²) in [6.45, 7) is 1.96. The monoisotopic (exact) mass is 387 g/mol. The highest BCUT2D eigenvalue weighted by Crippen LogP contribution is 2.30. The zero-order valence-electron chi connectivity index (χ0n) is 13.1. The van der Waals surface area contributed by atoms with Crippen molar-refractivity contribution in [3.8, 4) is 5.75 Å². The summed E-state index contributed by atoms with van der Waals surface area (Å²) in [5.41, 5.74) is 0. The maximum absolute atomic E-state index is 12.3. The normalized spacial score (nSPS) is 16.9. The van der Waals surface area contributed by atoms with Crippen molar-refractivity contribution in [1.29, 1.82) is 0 Å². The number of hydrogen-bond acceptors (Lipinski definition) is 6. The van der Waals surface area contributed by atoms with Gasteiger partial charge in [0.1, 0.15) is 11.9 Å². The average Bonchev–Trinajstić information content (AvgIpc) is 3.03. The fourth-order valence-electron chi connectivity index (χ4n) is 2.47. The molecule has 1 saturated heterocycles. The number of aromatic nitrogens is 1. The quantitative estimate of drug-likeness (QED) is 0.853. The summed E-state index contributed by atoms with van der Waals surface area (Å²) in [7, 11) is -1.63. The van der Waals surface area contributed by atoms with Gasteiger partial charge >= 0.3 is 0 Å². The van der Waals surface area contributed by atoms with Crippen LogP contribution in [0.5, 0.6) is 5.75 Å². The van der Waals surface area contributed by atoms with Gasteiger partial charge in [-0.2, -0.15) is 0 Å². The van der Waals surface area contributed by atoms with E-state index < -0.39 is 10.0 Å². The molecule has 6 nitrogen and oxygen atoms in total. The van der Waals surface area contributed by atoms with Crippen LogP contribution in [0.1, 0.15) is 12.8 Å². The Morgan fingerprint density at radius 3 is 2.75 bits per heavy atom. The van der Waals surface area contributed by atoms with Gasteiger partial charge in [-0.15, -0.1) is 11.3 Å². The van der Waals surface area contributed by atoms with Crippen molar-refractivity contribution in [2.24, 2.45) is 0 Å². The predicted molar refractivity (Wildman–Crippen MR) is 95.5 cm³/mol. The van der Waals surface area contributed by atoms with E-state index in [0.29, 0.717) is 10.9 Å². The molecule has 1 aromatic carbocycles. The van der Waals surface area contributed by atoms with Gasteiger partial charge in [0.15, 0.2) is 5.13 Å². The van der Waals surface area contributed by atoms with Crippen LogP contribution in [-0.4, -0.2) is 44.5 Å². The number of hydrogen-bond donors (Lipinski definition) is 1. The van der Waals surface area contributed by atoms with Crippen molar-refractivity contribution in [2.45, 2.75) is 23.8 Å². The lowest BCUT2D eigenvalue weighted by molar-refractivity contribution is 0.114. The van der Waals surface area contributed by atoms with E-state index in [2.05, 4.69) is 21.7 Å². The van der Waals surface area contributed by atoms with Gasteiger partial charge in [0, 0.05) is 24.7 Å². The lowest BCUT2D eigenvalue weighted by Crippen LogP contribution is -2.35. The van der Waals surface area contributed by atoms with E-state index in [1.54, 1.807) is 11.4 Å². The Balaban J connectivity index is 1.72. The number of likely N-dealkylation sites (tertiary alicyclic amines) is 1. The Kier molecular flexibility index (Phi) is 5.29. The summed E-state index contributed by atoms with van der Waals surface area (Å²) >= 11 is 7.44. The second-order valence-electron chi connectivity index (χ2n) is 5.66. The molecule has 24 heavy (non-hydrogen) atoms. The van der Waals surface area contributed by atoms with E-state index in [1.165, 1.54) is 29.7 Å². The minimum Gasteiger partial charge on any atom is -0.489 e. The highest BCUT2D eigenvalue weighted by atomic mass is 35.5. The maximum atomic E-state index is 12.3. The number of thiazole rings is 1. The van der Waals surface area contributed by atoms with Gasteiger partial charge in [-0.1, -0.05) is 11.6 Å². The fraction of sp³-hybridized carbons (Fsp3) is 0.400. The number of benzene rings is 1. The third-order valence-electron chi connectivity index (χ3n) is 3.83. The molecule has 1 aliphatic heterocycles. The van der Waals surface area contributed by atoms with Crippen molar-refractivity contribution < 1.29 is 13.2 Å². The van der Waals surface area contributed by atoms with Crippen molar-refractivity contribution >= 4 is 38.1 Å². The third kappa shape index (κ3) is 4.18. The maximum Gasteiger partial charge on any atom is 0.263 e. The Bertz CT molecular complexity index is 788. The summed E-state index contributed by atoms with van der Waals surface area (Å²) in [6.07, 6.45) is 3.50. The summed E-state index contributed by atoms with van der Waals surface area (Å²) in [4.78, 5) is 6.25. The van der Waals surface area contributed by atoms with E-state index in [1.807, 2.05) is 0 Å². The van der Waals surface area contributed by atoms with Gasteiger partial charge in [-0.25, -0.2) is 13.4 Å². The summed E-state index contributed by atoms with van der Waals surface area (Å²) in [5.74, 6) is 0.513. The van der Waals surface area contributed by atoms with Crippen LogP contribution in [0.3, 0.4) is 0 Å². The molecule has 1 N–H and O–H groups in total. The molecule has 0 bridgehead atoms. The number of sulfonamides is 1. The molecular weight excluding hydrogens is 370 g/mol. The van der Waals surface area contributed by atoms with Crippen molar-refractivity contribution in [1.82, 2.24) is 9.88 Å². The number of nitrogens with zero attached hydrogens (tertiary/aromatic N) is 2. The molecule has 0 atom stereocenters. The Morgan fingerprint density at radius 2 is 2.12 bits per heavy atom. The minimum absolute atomic E-state index is 0.0819. The van der Waals surface area contributed by atoms with Crippen LogP contribution < -0.4 is 9.46 Å². The molecule has 0 radical (unpaired) electrons. The molecule has 0 spiro atoms. The highest BCUT2D eigenvalue weighted by Gasteiger charge is 2.21. The molecule has 2 aromatic rings. The SMILES string of the molecule is CN1CCC(Oc2ccc(S(=O)(=O)Nc3nccs3)cc2Cl)CC1. The fourth-order valence-corrected chi connectivity index (χ4v) is 4.58. The Morgan fingerprint density at radius 1 is 1.38 bits per heavy atom. The van der Waals surface area contributed by atoms with Crippen LogP contribution in [0, 0.1) is 0 Å². The summed E-state index contributed by atoms with van der Waals surface area (Å²) < 4.78 is 33.0. The molecule has 2 heterocycles. The molecule has 0 saturated carbocycles. The average molecular weight is 388 g/mol. The second kappa shape index (κ2) is 7.26. The van der Waals surface area contributed by atoms with Gasteiger partial charge in [0.05, 0.1) is 9.92 Å². The van der Waals surface area contributed by atoms with E-state index in [9.17, 15) is 8.42 Å². The zero-order chi connectivity index (χ0) is 17.2. The smallest absolute Gasteiger partial charge is 0.263 e. The number of ether oxygens (including phenoxy) is 1. The number of rotatable bonds is 5. The predicted octanol–water partition coefficient (Wildman–Crippen LogP) is 3.07. The molecule has 0 amide bonds. The van der Waals surface area contributed by atoms with Gasteiger partial charge in [-0.05, 0) is 38.1 Å². The second-order valence-corrected chi connectivity index (χ2v) is 8.64. The molecule has 0 unspecified atom stereocenters. The van der Waals surface area contributed by atoms with Gasteiger partial charge < -0.3 is 9.64 Å². The molecule has 0 aliphatic carbocycles. The van der Waals surface area contributed by atoms with Crippen LogP contribution in [0.15, 0.2) is 34.7 Å². The standard InChI is InChI=1S/C15H18ClN3O3S2/c1-19-7-4-11(5-8-19)22-14-3-2-12(10-13(14)16)24(20,21)18-15-17-6-9-23-15/h2-3,6,9-11H,4-5,7-8H2,1H3,(H,17,18). The van der Waals surface area contributed by atoms with Crippen molar-refractivity contribution in [2.75, 3.05) is 24.9 Å². The van der Waals surface area contributed by atoms with E-state index in [-0.39, 0.29) is 16.0 Å². The molecule has 1 aromatic heterocycles. The summed E-state index contributed by atoms with van der Waals surface area (Å²) in [5, 5.41) is 2.30. The van der Waals surface area contributed by atoms with Crippen molar-refractivity contribution in [3.05, 3.63) is 34.8 Å². The molecule has 1 fully saturated rings. The van der Waals surface area contributed by atoms with Crippen LogP contribution in [0.2, 0.25) is 5.02 Å². The van der Waals surface area contributed by atoms with Crippen LogP contribution in [-0.2, 0) is 10.0 Å². The number of halogens is 1. The van der Waals surface area contributed by atoms with Crippen LogP contribution in [0.4, 0.5) is 5.13 Å². The molecule has 3 rings (SSSR count). The Hall–Kier alpha value is -1.35. The lowest BCUT2D eigenvalue weighted by atomic mass is 10.1. The first-order valence-electron chi connectivity index (χ1n) is 7.51. The first-order chi connectivity index (χ1) is 11.4. The molecule has 130 valence electrons. The minimum atomic E-state index is -3.71. The van der Waals surface area contributed by atoms with E-state index in [0.717, 1.165) is 25.9 Å². The van der Waals surface area contributed by atoms with Gasteiger partial charge in [-0.3, -0.25) is 4.72 Å². The third-order valence-corrected chi connectivity index (χ3v) is 6.28. The van der Waals surface area contributed by atoms with Crippen molar-refractivity contribution in [3.63, 3.8) is 0 Å². The lowest BCUT2D eigenvalue weighted by Gasteiger charge is -2.29. The topological polar surface area (TPSA) is 71.5 Å². The largest absolute Gasteiger partial charge is 0.489 e. The van der Waals surface area contributed by atoms with E-state index in [4.69, 9.17) is 16.3 Å². The highest BCUT2D eigenvalue weighted by molar-refractivity contribution is 7.93. The molecule has 9 heteroatoms. The van der Waals surface area contributed by atoms with Crippen LogP contribution >= 0.6 is 22.9 Å². The first-order valence-corrected chi connectivity index (χ1v) is 10.3.